The van der Waals surface area contributed by atoms with E-state index in [-0.39, 0.29) is 12.4 Å². The molecule has 1 aromatic carbocycles. The minimum Gasteiger partial charge on any atom is -0.491 e. The topological polar surface area (TPSA) is 72.5 Å². The van der Waals surface area contributed by atoms with E-state index in [1.807, 2.05) is 0 Å². The zero-order chi connectivity index (χ0) is 11.3. The smallest absolute Gasteiger partial charge is 0.159 e. The third-order valence-electron chi connectivity index (χ3n) is 1.98. The number of hydrogen-bond donors (Lipinski definition) is 2. The summed E-state index contributed by atoms with van der Waals surface area (Å²) in [4.78, 5) is 11.0. The molecule has 0 aliphatic rings. The van der Waals surface area contributed by atoms with E-state index in [9.17, 15) is 4.79 Å². The number of aliphatic hydroxyl groups excluding tert-OH is 1. The molecule has 3 N–H and O–H groups in total. The molecular formula is C11H15NO3. The van der Waals surface area contributed by atoms with Crippen molar-refractivity contribution in [3.8, 4) is 5.75 Å². The predicted octanol–water partition coefficient (Wildman–Crippen LogP) is 1.23. The molecule has 4 nitrogen and oxygen atoms in total. The van der Waals surface area contributed by atoms with Crippen LogP contribution in [0.3, 0.4) is 0 Å². The van der Waals surface area contributed by atoms with Crippen molar-refractivity contribution in [2.24, 2.45) is 0 Å². The fourth-order valence-electron chi connectivity index (χ4n) is 1.15. The summed E-state index contributed by atoms with van der Waals surface area (Å²) >= 11 is 0. The SMILES string of the molecule is CC(=O)c1ccc(OCCCO)c(N)c1. The van der Waals surface area contributed by atoms with E-state index in [0.29, 0.717) is 30.0 Å². The van der Waals surface area contributed by atoms with Crippen LogP contribution in [0.25, 0.3) is 0 Å². The highest BCUT2D eigenvalue weighted by molar-refractivity contribution is 5.95. The standard InChI is InChI=1S/C11H15NO3/c1-8(14)9-3-4-11(10(12)7-9)15-6-2-5-13/h3-4,7,13H,2,5-6,12H2,1H3. The molecule has 0 heterocycles. The van der Waals surface area contributed by atoms with Crippen LogP contribution in [0.4, 0.5) is 5.69 Å². The quantitative estimate of drug-likeness (QED) is 0.434. The highest BCUT2D eigenvalue weighted by Gasteiger charge is 2.04. The zero-order valence-corrected chi connectivity index (χ0v) is 8.69. The van der Waals surface area contributed by atoms with E-state index in [1.165, 1.54) is 6.92 Å². The van der Waals surface area contributed by atoms with Gasteiger partial charge in [-0.05, 0) is 25.1 Å². The number of hydrogen-bond acceptors (Lipinski definition) is 4. The average molecular weight is 209 g/mol. The number of ether oxygens (including phenoxy) is 1. The van der Waals surface area contributed by atoms with E-state index in [2.05, 4.69) is 0 Å². The highest BCUT2D eigenvalue weighted by atomic mass is 16.5. The molecule has 0 saturated heterocycles. The summed E-state index contributed by atoms with van der Waals surface area (Å²) in [5.74, 6) is 0.525. The van der Waals surface area contributed by atoms with Crippen LogP contribution in [0.2, 0.25) is 0 Å². The Bertz CT molecular complexity index is 350. The van der Waals surface area contributed by atoms with Gasteiger partial charge in [0.15, 0.2) is 5.78 Å². The largest absolute Gasteiger partial charge is 0.491 e. The lowest BCUT2D eigenvalue weighted by atomic mass is 10.1. The molecule has 0 aliphatic carbocycles. The van der Waals surface area contributed by atoms with E-state index in [4.69, 9.17) is 15.6 Å². The molecule has 0 radical (unpaired) electrons. The van der Waals surface area contributed by atoms with Crippen molar-refractivity contribution in [2.75, 3.05) is 18.9 Å². The molecule has 0 atom stereocenters. The van der Waals surface area contributed by atoms with Gasteiger partial charge in [-0.15, -0.1) is 0 Å². The van der Waals surface area contributed by atoms with Crippen LogP contribution in [-0.4, -0.2) is 24.1 Å². The maximum atomic E-state index is 11.0. The van der Waals surface area contributed by atoms with Crippen molar-refractivity contribution in [3.05, 3.63) is 23.8 Å². The Kier molecular flexibility index (Phi) is 4.12. The van der Waals surface area contributed by atoms with Crippen LogP contribution in [0.5, 0.6) is 5.75 Å². The molecule has 0 saturated carbocycles. The van der Waals surface area contributed by atoms with Gasteiger partial charge in [0.1, 0.15) is 5.75 Å². The number of Topliss-reactive ketones (excluding diaryl/α,β-unsaturated/α-hetero) is 1. The summed E-state index contributed by atoms with van der Waals surface area (Å²) in [5, 5.41) is 8.57. The summed E-state index contributed by atoms with van der Waals surface area (Å²) in [6, 6.07) is 4.94. The Morgan fingerprint density at radius 1 is 1.53 bits per heavy atom. The molecule has 1 rings (SSSR count). The van der Waals surface area contributed by atoms with Gasteiger partial charge in [0.25, 0.3) is 0 Å². The van der Waals surface area contributed by atoms with Crippen LogP contribution < -0.4 is 10.5 Å². The lowest BCUT2D eigenvalue weighted by Crippen LogP contribution is -2.03. The molecule has 0 amide bonds. The second kappa shape index (κ2) is 5.36. The van der Waals surface area contributed by atoms with Crippen molar-refractivity contribution >= 4 is 11.5 Å². The van der Waals surface area contributed by atoms with Gasteiger partial charge in [-0.2, -0.15) is 0 Å². The molecule has 0 spiro atoms. The normalized spacial score (nSPS) is 10.0. The summed E-state index contributed by atoms with van der Waals surface area (Å²) in [6.45, 7) is 1.99. The first kappa shape index (κ1) is 11.5. The van der Waals surface area contributed by atoms with Gasteiger partial charge in [-0.25, -0.2) is 0 Å². The minimum absolute atomic E-state index is 0.0244. The molecule has 0 aromatic heterocycles. The first-order valence-electron chi connectivity index (χ1n) is 4.79. The van der Waals surface area contributed by atoms with Gasteiger partial charge >= 0.3 is 0 Å². The molecule has 4 heteroatoms. The molecular weight excluding hydrogens is 194 g/mol. The first-order chi connectivity index (χ1) is 7.15. The molecule has 1 aromatic rings. The van der Waals surface area contributed by atoms with Gasteiger partial charge in [0.2, 0.25) is 0 Å². The summed E-state index contributed by atoms with van der Waals surface area (Å²) in [5.41, 5.74) is 6.72. The van der Waals surface area contributed by atoms with E-state index < -0.39 is 0 Å². The summed E-state index contributed by atoms with van der Waals surface area (Å²) < 4.78 is 5.32. The average Bonchev–Trinajstić information content (AvgIpc) is 2.20. The molecule has 15 heavy (non-hydrogen) atoms. The number of benzene rings is 1. The van der Waals surface area contributed by atoms with Gasteiger partial charge < -0.3 is 15.6 Å². The Labute approximate surface area is 88.7 Å². The van der Waals surface area contributed by atoms with Crippen molar-refractivity contribution in [3.63, 3.8) is 0 Å². The number of rotatable bonds is 5. The molecule has 0 unspecified atom stereocenters. The van der Waals surface area contributed by atoms with Crippen molar-refractivity contribution in [2.45, 2.75) is 13.3 Å². The number of carbonyl (C=O) groups excluding carboxylic acids is 1. The first-order valence-corrected chi connectivity index (χ1v) is 4.79. The van der Waals surface area contributed by atoms with E-state index in [1.54, 1.807) is 18.2 Å². The number of aliphatic hydroxyl groups is 1. The number of anilines is 1. The third kappa shape index (κ3) is 3.25. The zero-order valence-electron chi connectivity index (χ0n) is 8.69. The van der Waals surface area contributed by atoms with Gasteiger partial charge in [-0.1, -0.05) is 0 Å². The Hall–Kier alpha value is -1.55. The van der Waals surface area contributed by atoms with Crippen molar-refractivity contribution in [1.82, 2.24) is 0 Å². The third-order valence-corrected chi connectivity index (χ3v) is 1.98. The van der Waals surface area contributed by atoms with E-state index >= 15 is 0 Å². The Morgan fingerprint density at radius 3 is 2.80 bits per heavy atom. The number of nitrogens with two attached hydrogens (primary N) is 1. The fourth-order valence-corrected chi connectivity index (χ4v) is 1.15. The number of ketones is 1. The van der Waals surface area contributed by atoms with Crippen molar-refractivity contribution < 1.29 is 14.6 Å². The monoisotopic (exact) mass is 209 g/mol. The van der Waals surface area contributed by atoms with Gasteiger partial charge in [-0.3, -0.25) is 4.79 Å². The highest BCUT2D eigenvalue weighted by Crippen LogP contribution is 2.22. The maximum Gasteiger partial charge on any atom is 0.159 e. The molecule has 82 valence electrons. The fraction of sp³-hybridized carbons (Fsp3) is 0.364. The summed E-state index contributed by atoms with van der Waals surface area (Å²) in [7, 11) is 0. The van der Waals surface area contributed by atoms with Crippen molar-refractivity contribution in [1.29, 1.82) is 0 Å². The van der Waals surface area contributed by atoms with Crippen LogP contribution in [0.1, 0.15) is 23.7 Å². The molecule has 0 fully saturated rings. The maximum absolute atomic E-state index is 11.0. The minimum atomic E-state index is -0.0244. The van der Waals surface area contributed by atoms with Gasteiger partial charge in [0.05, 0.1) is 12.3 Å². The van der Waals surface area contributed by atoms with E-state index in [0.717, 1.165) is 0 Å². The molecule has 0 bridgehead atoms. The van der Waals surface area contributed by atoms with Gasteiger partial charge in [0, 0.05) is 18.6 Å². The second-order valence-corrected chi connectivity index (χ2v) is 3.23. The molecule has 0 aliphatic heterocycles. The lowest BCUT2D eigenvalue weighted by molar-refractivity contribution is 0.101. The number of nitrogen functional groups attached to an aromatic ring is 1. The number of carbonyl (C=O) groups is 1. The Balaban J connectivity index is 2.70. The van der Waals surface area contributed by atoms with Crippen LogP contribution in [-0.2, 0) is 0 Å². The second-order valence-electron chi connectivity index (χ2n) is 3.23. The summed E-state index contributed by atoms with van der Waals surface area (Å²) in [6.07, 6.45) is 0.563. The predicted molar refractivity (Wildman–Crippen MR) is 58.1 cm³/mol. The lowest BCUT2D eigenvalue weighted by Gasteiger charge is -2.08. The van der Waals surface area contributed by atoms with Crippen LogP contribution in [0, 0.1) is 0 Å². The van der Waals surface area contributed by atoms with Crippen LogP contribution >= 0.6 is 0 Å². The van der Waals surface area contributed by atoms with Crippen LogP contribution in [0.15, 0.2) is 18.2 Å². The Morgan fingerprint density at radius 2 is 2.27 bits per heavy atom.